The third-order valence-electron chi connectivity index (χ3n) is 3.84. The van der Waals surface area contributed by atoms with Crippen molar-refractivity contribution >= 4 is 0 Å². The van der Waals surface area contributed by atoms with E-state index < -0.39 is 0 Å². The van der Waals surface area contributed by atoms with Gasteiger partial charge in [-0.05, 0) is 48.6 Å². The second kappa shape index (κ2) is 8.32. The van der Waals surface area contributed by atoms with Gasteiger partial charge in [0, 0.05) is 0 Å². The van der Waals surface area contributed by atoms with Crippen LogP contribution in [0.4, 0.5) is 0 Å². The molecule has 0 N–H and O–H groups in total. The van der Waals surface area contributed by atoms with Crippen molar-refractivity contribution in [1.82, 2.24) is 0 Å². The Balaban J connectivity index is 2.03. The van der Waals surface area contributed by atoms with Gasteiger partial charge in [-0.3, -0.25) is 0 Å². The van der Waals surface area contributed by atoms with E-state index in [1.807, 2.05) is 24.3 Å². The molecule has 2 rings (SSSR count). The Labute approximate surface area is 137 Å². The van der Waals surface area contributed by atoms with Crippen LogP contribution in [0, 0.1) is 0 Å². The fourth-order valence-electron chi connectivity index (χ4n) is 2.67. The van der Waals surface area contributed by atoms with Gasteiger partial charge in [0.25, 0.3) is 0 Å². The molecule has 0 aliphatic rings. The monoisotopic (exact) mass is 316 g/mol. The first-order valence-electron chi connectivity index (χ1n) is 7.64. The molecule has 4 nitrogen and oxygen atoms in total. The van der Waals surface area contributed by atoms with Crippen LogP contribution in [-0.2, 0) is 12.8 Å². The Kier molecular flexibility index (Phi) is 6.15. The van der Waals surface area contributed by atoms with Gasteiger partial charge >= 0.3 is 0 Å². The number of ether oxygens (including phenoxy) is 4. The Hall–Kier alpha value is -2.36. The highest BCUT2D eigenvalue weighted by molar-refractivity contribution is 5.47. The van der Waals surface area contributed by atoms with Crippen molar-refractivity contribution in [3.63, 3.8) is 0 Å². The minimum Gasteiger partial charge on any atom is -0.493 e. The Morgan fingerprint density at radius 2 is 1.43 bits per heavy atom. The molecule has 0 bridgehead atoms. The SMILES string of the molecule is COc1ccc(CCCc2cccc(OC)c2OC)cc1OC. The molecule has 0 saturated heterocycles. The summed E-state index contributed by atoms with van der Waals surface area (Å²) in [5.74, 6) is 3.12. The molecule has 124 valence electrons. The average Bonchev–Trinajstić information content (AvgIpc) is 2.61. The van der Waals surface area contributed by atoms with E-state index in [1.54, 1.807) is 28.4 Å². The van der Waals surface area contributed by atoms with Crippen molar-refractivity contribution in [2.75, 3.05) is 28.4 Å². The van der Waals surface area contributed by atoms with Crippen molar-refractivity contribution in [3.8, 4) is 23.0 Å². The van der Waals surface area contributed by atoms with Crippen LogP contribution in [0.2, 0.25) is 0 Å². The lowest BCUT2D eigenvalue weighted by Gasteiger charge is -2.13. The maximum atomic E-state index is 5.48. The third kappa shape index (κ3) is 4.09. The summed E-state index contributed by atoms with van der Waals surface area (Å²) in [5, 5.41) is 0. The molecule has 0 heterocycles. The molecular weight excluding hydrogens is 292 g/mol. The molecule has 0 aromatic heterocycles. The van der Waals surface area contributed by atoms with Gasteiger partial charge in [-0.25, -0.2) is 0 Å². The molecule has 4 heteroatoms. The number of hydrogen-bond acceptors (Lipinski definition) is 4. The van der Waals surface area contributed by atoms with E-state index in [0.29, 0.717) is 0 Å². The summed E-state index contributed by atoms with van der Waals surface area (Å²) in [7, 11) is 6.64. The molecule has 0 unspecified atom stereocenters. The first-order chi connectivity index (χ1) is 11.2. The summed E-state index contributed by atoms with van der Waals surface area (Å²) >= 11 is 0. The highest BCUT2D eigenvalue weighted by Gasteiger charge is 2.10. The molecule has 0 radical (unpaired) electrons. The van der Waals surface area contributed by atoms with E-state index in [-0.39, 0.29) is 0 Å². The third-order valence-corrected chi connectivity index (χ3v) is 3.84. The van der Waals surface area contributed by atoms with Crippen molar-refractivity contribution in [2.45, 2.75) is 19.3 Å². The fraction of sp³-hybridized carbons (Fsp3) is 0.368. The van der Waals surface area contributed by atoms with Gasteiger partial charge in [-0.15, -0.1) is 0 Å². The second-order valence-electron chi connectivity index (χ2n) is 5.20. The molecule has 0 atom stereocenters. The van der Waals surface area contributed by atoms with E-state index in [0.717, 1.165) is 47.8 Å². The first kappa shape index (κ1) is 17.0. The van der Waals surface area contributed by atoms with E-state index in [9.17, 15) is 0 Å². The molecule has 0 saturated carbocycles. The van der Waals surface area contributed by atoms with Gasteiger partial charge in [-0.1, -0.05) is 18.2 Å². The molecule has 0 spiro atoms. The standard InChI is InChI=1S/C19H24O4/c1-20-16-12-11-14(13-18(16)22-3)7-5-8-15-9-6-10-17(21-2)19(15)23-4/h6,9-13H,5,7-8H2,1-4H3. The molecule has 0 aliphatic heterocycles. The van der Waals surface area contributed by atoms with E-state index in [4.69, 9.17) is 18.9 Å². The second-order valence-corrected chi connectivity index (χ2v) is 5.20. The lowest BCUT2D eigenvalue weighted by atomic mass is 10.0. The number of para-hydroxylation sites is 1. The normalized spacial score (nSPS) is 10.3. The quantitative estimate of drug-likeness (QED) is 0.740. The molecule has 23 heavy (non-hydrogen) atoms. The van der Waals surface area contributed by atoms with Crippen molar-refractivity contribution in [1.29, 1.82) is 0 Å². The number of rotatable bonds is 8. The Morgan fingerprint density at radius 1 is 0.696 bits per heavy atom. The molecular formula is C19H24O4. The van der Waals surface area contributed by atoms with Crippen molar-refractivity contribution < 1.29 is 18.9 Å². The largest absolute Gasteiger partial charge is 0.493 e. The smallest absolute Gasteiger partial charge is 0.163 e. The van der Waals surface area contributed by atoms with Crippen LogP contribution < -0.4 is 18.9 Å². The summed E-state index contributed by atoms with van der Waals surface area (Å²) in [6.07, 6.45) is 2.90. The minimum atomic E-state index is 0.755. The van der Waals surface area contributed by atoms with E-state index >= 15 is 0 Å². The van der Waals surface area contributed by atoms with Crippen LogP contribution in [0.3, 0.4) is 0 Å². The number of benzene rings is 2. The lowest BCUT2D eigenvalue weighted by molar-refractivity contribution is 0.351. The number of methoxy groups -OCH3 is 4. The zero-order chi connectivity index (χ0) is 16.7. The van der Waals surface area contributed by atoms with Gasteiger partial charge in [-0.2, -0.15) is 0 Å². The molecule has 2 aromatic carbocycles. The molecule has 0 aliphatic carbocycles. The van der Waals surface area contributed by atoms with Gasteiger partial charge in [0.2, 0.25) is 0 Å². The maximum Gasteiger partial charge on any atom is 0.163 e. The number of aryl methyl sites for hydroxylation is 2. The zero-order valence-electron chi connectivity index (χ0n) is 14.2. The van der Waals surface area contributed by atoms with E-state index in [1.165, 1.54) is 5.56 Å². The summed E-state index contributed by atoms with van der Waals surface area (Å²) in [4.78, 5) is 0. The van der Waals surface area contributed by atoms with Crippen LogP contribution >= 0.6 is 0 Å². The van der Waals surface area contributed by atoms with Crippen LogP contribution in [0.1, 0.15) is 17.5 Å². The molecule has 0 fully saturated rings. The predicted octanol–water partition coefficient (Wildman–Crippen LogP) is 3.90. The predicted molar refractivity (Wildman–Crippen MR) is 91.1 cm³/mol. The van der Waals surface area contributed by atoms with Crippen LogP contribution in [0.15, 0.2) is 36.4 Å². The van der Waals surface area contributed by atoms with Gasteiger partial charge in [0.1, 0.15) is 0 Å². The highest BCUT2D eigenvalue weighted by atomic mass is 16.5. The summed E-state index contributed by atoms with van der Waals surface area (Å²) < 4.78 is 21.4. The topological polar surface area (TPSA) is 36.9 Å². The summed E-state index contributed by atoms with van der Waals surface area (Å²) in [5.41, 5.74) is 2.39. The van der Waals surface area contributed by atoms with Crippen LogP contribution in [0.25, 0.3) is 0 Å². The van der Waals surface area contributed by atoms with Gasteiger partial charge < -0.3 is 18.9 Å². The minimum absolute atomic E-state index is 0.755. The van der Waals surface area contributed by atoms with Gasteiger partial charge in [0.05, 0.1) is 28.4 Å². The van der Waals surface area contributed by atoms with E-state index in [2.05, 4.69) is 12.1 Å². The van der Waals surface area contributed by atoms with Crippen molar-refractivity contribution in [2.24, 2.45) is 0 Å². The summed E-state index contributed by atoms with van der Waals surface area (Å²) in [6, 6.07) is 12.0. The molecule has 2 aromatic rings. The lowest BCUT2D eigenvalue weighted by Crippen LogP contribution is -1.98. The fourth-order valence-corrected chi connectivity index (χ4v) is 2.67. The maximum absolute atomic E-state index is 5.48. The van der Waals surface area contributed by atoms with Gasteiger partial charge in [0.15, 0.2) is 23.0 Å². The first-order valence-corrected chi connectivity index (χ1v) is 7.64. The highest BCUT2D eigenvalue weighted by Crippen LogP contribution is 2.32. The van der Waals surface area contributed by atoms with Crippen LogP contribution in [0.5, 0.6) is 23.0 Å². The van der Waals surface area contributed by atoms with Crippen LogP contribution in [-0.4, -0.2) is 28.4 Å². The van der Waals surface area contributed by atoms with Crippen molar-refractivity contribution in [3.05, 3.63) is 47.5 Å². The average molecular weight is 316 g/mol. The Bertz CT molecular complexity index is 637. The molecule has 0 amide bonds. The summed E-state index contributed by atoms with van der Waals surface area (Å²) in [6.45, 7) is 0. The Morgan fingerprint density at radius 3 is 2.09 bits per heavy atom. The number of hydrogen-bond donors (Lipinski definition) is 0. The zero-order valence-corrected chi connectivity index (χ0v) is 14.2.